The molecular formula is C26H25F3N6O. The molecule has 3 heterocycles. The Balaban J connectivity index is 1.21. The Morgan fingerprint density at radius 1 is 1.00 bits per heavy atom. The minimum atomic E-state index is -4.71. The van der Waals surface area contributed by atoms with Crippen LogP contribution in [-0.2, 0) is 6.42 Å². The number of halogens is 3. The molecule has 1 aromatic carbocycles. The summed E-state index contributed by atoms with van der Waals surface area (Å²) in [5, 5.41) is 3.16. The van der Waals surface area contributed by atoms with Crippen molar-refractivity contribution in [1.29, 1.82) is 0 Å². The molecule has 0 saturated carbocycles. The van der Waals surface area contributed by atoms with Crippen LogP contribution >= 0.6 is 0 Å². The van der Waals surface area contributed by atoms with E-state index in [0.717, 1.165) is 60.9 Å². The molecule has 2 aliphatic rings. The van der Waals surface area contributed by atoms with Crippen LogP contribution < -0.4 is 15.0 Å². The van der Waals surface area contributed by atoms with Crippen LogP contribution in [-0.4, -0.2) is 52.4 Å². The first kappa shape index (κ1) is 23.7. The summed E-state index contributed by atoms with van der Waals surface area (Å²) in [7, 11) is 0. The number of hydrogen-bond acceptors (Lipinski definition) is 7. The van der Waals surface area contributed by atoms with Gasteiger partial charge in [-0.25, -0.2) is 9.97 Å². The van der Waals surface area contributed by atoms with Gasteiger partial charge in [-0.05, 0) is 54.5 Å². The molecule has 7 nitrogen and oxygen atoms in total. The van der Waals surface area contributed by atoms with E-state index in [4.69, 9.17) is 0 Å². The summed E-state index contributed by atoms with van der Waals surface area (Å²) >= 11 is 0. The number of anilines is 2. The van der Waals surface area contributed by atoms with E-state index in [1.54, 1.807) is 6.33 Å². The molecule has 3 aromatic rings. The molecule has 36 heavy (non-hydrogen) atoms. The lowest BCUT2D eigenvalue weighted by atomic mass is 10.1. The number of alkyl halides is 3. The standard InChI is InChI=1S/C26H25F3N6O/c1-17-3-4-19(15-30-17)20-13-23-24(14-20)31-16-32-25(23)35-11-9-34(10-12-35)18(2)33-21-5-7-22(8-6-21)36-26(27,28)29/h3-8,13,15-16,33H,2,9-12,14H2,1H3. The van der Waals surface area contributed by atoms with Gasteiger partial charge in [-0.2, -0.15) is 0 Å². The second-order valence-corrected chi connectivity index (χ2v) is 8.71. The highest BCUT2D eigenvalue weighted by molar-refractivity contribution is 5.90. The first-order valence-electron chi connectivity index (χ1n) is 11.5. The lowest BCUT2D eigenvalue weighted by molar-refractivity contribution is -0.274. The topological polar surface area (TPSA) is 66.4 Å². The van der Waals surface area contributed by atoms with Gasteiger partial charge in [0.1, 0.15) is 17.9 Å². The first-order valence-corrected chi connectivity index (χ1v) is 11.5. The van der Waals surface area contributed by atoms with Crippen LogP contribution in [0.25, 0.3) is 11.6 Å². The summed E-state index contributed by atoms with van der Waals surface area (Å²) in [4.78, 5) is 17.9. The third kappa shape index (κ3) is 5.27. The maximum absolute atomic E-state index is 12.4. The van der Waals surface area contributed by atoms with Gasteiger partial charge in [0.2, 0.25) is 0 Å². The van der Waals surface area contributed by atoms with E-state index in [1.807, 2.05) is 19.2 Å². The molecule has 1 aliphatic heterocycles. The molecule has 0 amide bonds. The summed E-state index contributed by atoms with van der Waals surface area (Å²) in [6.07, 6.45) is 1.72. The van der Waals surface area contributed by atoms with Gasteiger partial charge < -0.3 is 19.9 Å². The molecule has 0 unspecified atom stereocenters. The highest BCUT2D eigenvalue weighted by Crippen LogP contribution is 2.35. The number of nitrogens with one attached hydrogen (secondary N) is 1. The maximum atomic E-state index is 12.4. The SMILES string of the molecule is C=C(Nc1ccc(OC(F)(F)F)cc1)N1CCN(c2ncnc3c2C=C(c2ccc(C)nc2)C3)CC1. The first-order chi connectivity index (χ1) is 17.2. The predicted molar refractivity (Wildman–Crippen MR) is 132 cm³/mol. The van der Waals surface area contributed by atoms with Crippen molar-refractivity contribution in [2.24, 2.45) is 0 Å². The minimum absolute atomic E-state index is 0.263. The van der Waals surface area contributed by atoms with E-state index >= 15 is 0 Å². The average molecular weight is 495 g/mol. The normalized spacial score (nSPS) is 15.4. The van der Waals surface area contributed by atoms with Crippen LogP contribution in [0.15, 0.2) is 61.3 Å². The fourth-order valence-electron chi connectivity index (χ4n) is 4.38. The monoisotopic (exact) mass is 494 g/mol. The third-order valence-electron chi connectivity index (χ3n) is 6.24. The number of rotatable bonds is 6. The maximum Gasteiger partial charge on any atom is 0.573 e. The fourth-order valence-corrected chi connectivity index (χ4v) is 4.38. The van der Waals surface area contributed by atoms with Gasteiger partial charge in [-0.15, -0.1) is 13.2 Å². The largest absolute Gasteiger partial charge is 0.573 e. The zero-order valence-electron chi connectivity index (χ0n) is 19.7. The molecular weight excluding hydrogens is 469 g/mol. The Hall–Kier alpha value is -4.08. The number of allylic oxidation sites excluding steroid dienone is 1. The number of ether oxygens (including phenoxy) is 1. The van der Waals surface area contributed by atoms with Gasteiger partial charge in [-0.1, -0.05) is 12.6 Å². The predicted octanol–water partition coefficient (Wildman–Crippen LogP) is 4.88. The zero-order valence-corrected chi connectivity index (χ0v) is 19.7. The van der Waals surface area contributed by atoms with E-state index in [9.17, 15) is 13.2 Å². The van der Waals surface area contributed by atoms with Gasteiger partial charge in [0.25, 0.3) is 0 Å². The van der Waals surface area contributed by atoms with E-state index < -0.39 is 6.36 Å². The van der Waals surface area contributed by atoms with Gasteiger partial charge in [0.05, 0.1) is 11.5 Å². The average Bonchev–Trinajstić information content (AvgIpc) is 3.29. The van der Waals surface area contributed by atoms with Crippen molar-refractivity contribution in [3.8, 4) is 5.75 Å². The van der Waals surface area contributed by atoms with Crippen LogP contribution in [0.3, 0.4) is 0 Å². The number of piperazine rings is 1. The van der Waals surface area contributed by atoms with Gasteiger partial charge in [0.15, 0.2) is 0 Å². The van der Waals surface area contributed by atoms with E-state index in [2.05, 4.69) is 53.5 Å². The van der Waals surface area contributed by atoms with Crippen molar-refractivity contribution in [2.45, 2.75) is 19.7 Å². The Bertz CT molecular complexity index is 1280. The third-order valence-corrected chi connectivity index (χ3v) is 6.24. The lowest BCUT2D eigenvalue weighted by Gasteiger charge is -2.38. The molecule has 186 valence electrons. The molecule has 0 spiro atoms. The smallest absolute Gasteiger partial charge is 0.406 e. The second-order valence-electron chi connectivity index (χ2n) is 8.71. The summed E-state index contributed by atoms with van der Waals surface area (Å²) in [5.74, 6) is 1.34. The molecule has 0 atom stereocenters. The number of hydrogen-bond donors (Lipinski definition) is 1. The number of pyridine rings is 1. The highest BCUT2D eigenvalue weighted by atomic mass is 19.4. The molecule has 1 saturated heterocycles. The molecule has 5 rings (SSSR count). The van der Waals surface area contributed by atoms with Crippen LogP contribution in [0.4, 0.5) is 24.7 Å². The van der Waals surface area contributed by atoms with Crippen LogP contribution in [0.5, 0.6) is 5.75 Å². The van der Waals surface area contributed by atoms with Crippen LogP contribution in [0, 0.1) is 6.92 Å². The number of benzene rings is 1. The molecule has 1 fully saturated rings. The van der Waals surface area contributed by atoms with Crippen molar-refractivity contribution in [3.05, 3.63) is 83.8 Å². The number of fused-ring (bicyclic) bond motifs is 1. The second kappa shape index (κ2) is 9.52. The minimum Gasteiger partial charge on any atom is -0.406 e. The zero-order chi connectivity index (χ0) is 25.3. The number of nitrogens with zero attached hydrogens (tertiary/aromatic N) is 5. The number of aromatic nitrogens is 3. The van der Waals surface area contributed by atoms with Gasteiger partial charge in [0, 0.05) is 55.7 Å². The molecule has 1 aliphatic carbocycles. The van der Waals surface area contributed by atoms with Crippen molar-refractivity contribution >= 4 is 23.2 Å². The van der Waals surface area contributed by atoms with E-state index in [-0.39, 0.29) is 5.75 Å². The fraction of sp³-hybridized carbons (Fsp3) is 0.269. The summed E-state index contributed by atoms with van der Waals surface area (Å²) in [6.45, 7) is 9.01. The van der Waals surface area contributed by atoms with Crippen molar-refractivity contribution in [3.63, 3.8) is 0 Å². The van der Waals surface area contributed by atoms with Gasteiger partial charge in [-0.3, -0.25) is 4.98 Å². The summed E-state index contributed by atoms with van der Waals surface area (Å²) < 4.78 is 41.0. The molecule has 2 aromatic heterocycles. The van der Waals surface area contributed by atoms with E-state index in [1.165, 1.54) is 29.8 Å². The molecule has 1 N–H and O–H groups in total. The Labute approximate surface area is 207 Å². The van der Waals surface area contributed by atoms with E-state index in [0.29, 0.717) is 11.5 Å². The molecule has 10 heteroatoms. The molecule has 0 radical (unpaired) electrons. The quantitative estimate of drug-likeness (QED) is 0.524. The summed E-state index contributed by atoms with van der Waals surface area (Å²) in [5.41, 5.74) is 5.96. The highest BCUT2D eigenvalue weighted by Gasteiger charge is 2.31. The Morgan fingerprint density at radius 2 is 1.75 bits per heavy atom. The summed E-state index contributed by atoms with van der Waals surface area (Å²) in [6, 6.07) is 9.69. The Kier molecular flexibility index (Phi) is 6.26. The number of aryl methyl sites for hydroxylation is 1. The lowest BCUT2D eigenvalue weighted by Crippen LogP contribution is -2.47. The van der Waals surface area contributed by atoms with Gasteiger partial charge >= 0.3 is 6.36 Å². The van der Waals surface area contributed by atoms with Crippen molar-refractivity contribution < 1.29 is 17.9 Å². The van der Waals surface area contributed by atoms with Crippen molar-refractivity contribution in [1.82, 2.24) is 19.9 Å². The Morgan fingerprint density at radius 3 is 2.42 bits per heavy atom. The van der Waals surface area contributed by atoms with Crippen LogP contribution in [0.1, 0.15) is 22.5 Å². The van der Waals surface area contributed by atoms with Crippen molar-refractivity contribution in [2.75, 3.05) is 36.4 Å². The molecule has 0 bridgehead atoms. The van der Waals surface area contributed by atoms with Crippen LogP contribution in [0.2, 0.25) is 0 Å².